The lowest BCUT2D eigenvalue weighted by atomic mass is 9.63. The first-order valence-corrected chi connectivity index (χ1v) is 6.40. The van der Waals surface area contributed by atoms with Crippen LogP contribution >= 0.6 is 0 Å². The standard InChI is InChI=1S/C15H22O2/c1-5-15(4)13(16)9-14(15)17-12-8-6-7-10(2)11(12)3/h6-8,13-14,16H,5,9H2,1-4H3. The minimum Gasteiger partial charge on any atom is -0.489 e. The number of hydrogen-bond acceptors (Lipinski definition) is 2. The SMILES string of the molecule is CCC1(C)C(O)CC1Oc1cccc(C)c1C. The van der Waals surface area contributed by atoms with Crippen LogP contribution in [0.4, 0.5) is 0 Å². The molecule has 3 atom stereocenters. The quantitative estimate of drug-likeness (QED) is 0.870. The average molecular weight is 234 g/mol. The molecule has 94 valence electrons. The van der Waals surface area contributed by atoms with Gasteiger partial charge in [-0.15, -0.1) is 0 Å². The number of ether oxygens (including phenoxy) is 1. The zero-order valence-corrected chi connectivity index (χ0v) is 11.2. The monoisotopic (exact) mass is 234 g/mol. The lowest BCUT2D eigenvalue weighted by Gasteiger charge is -2.50. The van der Waals surface area contributed by atoms with Crippen LogP contribution in [-0.4, -0.2) is 17.3 Å². The van der Waals surface area contributed by atoms with Crippen LogP contribution in [0.1, 0.15) is 37.8 Å². The van der Waals surface area contributed by atoms with Gasteiger partial charge in [-0.25, -0.2) is 0 Å². The molecule has 1 N–H and O–H groups in total. The van der Waals surface area contributed by atoms with E-state index < -0.39 is 0 Å². The van der Waals surface area contributed by atoms with E-state index in [0.717, 1.165) is 18.6 Å². The fourth-order valence-corrected chi connectivity index (χ4v) is 2.45. The molecule has 0 aliphatic heterocycles. The summed E-state index contributed by atoms with van der Waals surface area (Å²) in [6.45, 7) is 8.40. The molecular formula is C15H22O2. The van der Waals surface area contributed by atoms with Crippen LogP contribution in [-0.2, 0) is 0 Å². The van der Waals surface area contributed by atoms with Gasteiger partial charge in [-0.3, -0.25) is 0 Å². The molecule has 0 spiro atoms. The molecule has 3 unspecified atom stereocenters. The Morgan fingerprint density at radius 1 is 1.41 bits per heavy atom. The van der Waals surface area contributed by atoms with Crippen LogP contribution in [0.15, 0.2) is 18.2 Å². The van der Waals surface area contributed by atoms with Gasteiger partial charge in [-0.05, 0) is 37.5 Å². The predicted octanol–water partition coefficient (Wildman–Crippen LogP) is 3.23. The van der Waals surface area contributed by atoms with Crippen molar-refractivity contribution in [2.45, 2.75) is 52.7 Å². The van der Waals surface area contributed by atoms with E-state index in [1.807, 2.05) is 12.1 Å². The van der Waals surface area contributed by atoms with Gasteiger partial charge in [0.2, 0.25) is 0 Å². The summed E-state index contributed by atoms with van der Waals surface area (Å²) in [7, 11) is 0. The van der Waals surface area contributed by atoms with Crippen molar-refractivity contribution in [2.75, 3.05) is 0 Å². The Hall–Kier alpha value is -1.02. The molecule has 1 aromatic carbocycles. The number of aryl methyl sites for hydroxylation is 1. The highest BCUT2D eigenvalue weighted by atomic mass is 16.5. The molecule has 0 amide bonds. The average Bonchev–Trinajstić information content (AvgIpc) is 2.33. The molecule has 1 aromatic rings. The van der Waals surface area contributed by atoms with E-state index in [-0.39, 0.29) is 17.6 Å². The highest BCUT2D eigenvalue weighted by molar-refractivity contribution is 5.38. The summed E-state index contributed by atoms with van der Waals surface area (Å²) in [5.41, 5.74) is 2.36. The molecule has 1 fully saturated rings. The molecule has 0 saturated heterocycles. The highest BCUT2D eigenvalue weighted by Crippen LogP contribution is 2.46. The molecule has 2 nitrogen and oxygen atoms in total. The summed E-state index contributed by atoms with van der Waals surface area (Å²) in [4.78, 5) is 0. The maximum absolute atomic E-state index is 9.86. The number of rotatable bonds is 3. The van der Waals surface area contributed by atoms with Crippen LogP contribution in [0.2, 0.25) is 0 Å². The largest absolute Gasteiger partial charge is 0.489 e. The zero-order valence-electron chi connectivity index (χ0n) is 11.2. The minimum atomic E-state index is -0.220. The number of benzene rings is 1. The van der Waals surface area contributed by atoms with Gasteiger partial charge < -0.3 is 9.84 Å². The van der Waals surface area contributed by atoms with E-state index in [9.17, 15) is 5.11 Å². The second-order valence-electron chi connectivity index (χ2n) is 5.42. The number of hydrogen-bond donors (Lipinski definition) is 1. The second kappa shape index (κ2) is 4.34. The Morgan fingerprint density at radius 2 is 2.12 bits per heavy atom. The normalized spacial score (nSPS) is 32.1. The van der Waals surface area contributed by atoms with E-state index in [4.69, 9.17) is 4.74 Å². The van der Waals surface area contributed by atoms with E-state index in [1.54, 1.807) is 0 Å². The van der Waals surface area contributed by atoms with Crippen LogP contribution in [0.3, 0.4) is 0 Å². The molecule has 1 aliphatic carbocycles. The molecule has 1 saturated carbocycles. The fourth-order valence-electron chi connectivity index (χ4n) is 2.45. The van der Waals surface area contributed by atoms with Gasteiger partial charge in [0.15, 0.2) is 0 Å². The van der Waals surface area contributed by atoms with E-state index in [1.165, 1.54) is 11.1 Å². The predicted molar refractivity (Wildman–Crippen MR) is 69.4 cm³/mol. The van der Waals surface area contributed by atoms with Crippen molar-refractivity contribution in [2.24, 2.45) is 5.41 Å². The van der Waals surface area contributed by atoms with Crippen molar-refractivity contribution in [3.63, 3.8) is 0 Å². The molecule has 2 rings (SSSR count). The summed E-state index contributed by atoms with van der Waals surface area (Å²) >= 11 is 0. The first kappa shape index (κ1) is 12.4. The third-order valence-electron chi connectivity index (χ3n) is 4.52. The van der Waals surface area contributed by atoms with Crippen molar-refractivity contribution in [1.29, 1.82) is 0 Å². The van der Waals surface area contributed by atoms with Crippen LogP contribution in [0, 0.1) is 19.3 Å². The Kier molecular flexibility index (Phi) is 3.17. The number of aliphatic hydroxyl groups is 1. The summed E-state index contributed by atoms with van der Waals surface area (Å²) in [6.07, 6.45) is 1.62. The molecule has 0 radical (unpaired) electrons. The van der Waals surface area contributed by atoms with Crippen molar-refractivity contribution >= 4 is 0 Å². The number of aliphatic hydroxyl groups excluding tert-OH is 1. The molecule has 1 aliphatic rings. The van der Waals surface area contributed by atoms with Crippen LogP contribution < -0.4 is 4.74 Å². The highest BCUT2D eigenvalue weighted by Gasteiger charge is 2.51. The van der Waals surface area contributed by atoms with Gasteiger partial charge in [-0.1, -0.05) is 26.0 Å². The van der Waals surface area contributed by atoms with Gasteiger partial charge in [0.1, 0.15) is 11.9 Å². The summed E-state index contributed by atoms with van der Waals surface area (Å²) < 4.78 is 6.08. The third kappa shape index (κ3) is 1.95. The van der Waals surface area contributed by atoms with Gasteiger partial charge in [0.05, 0.1) is 6.10 Å². The molecular weight excluding hydrogens is 212 g/mol. The lowest BCUT2D eigenvalue weighted by molar-refractivity contribution is -0.147. The second-order valence-corrected chi connectivity index (χ2v) is 5.42. The summed E-state index contributed by atoms with van der Waals surface area (Å²) in [5, 5.41) is 9.86. The van der Waals surface area contributed by atoms with E-state index >= 15 is 0 Å². The van der Waals surface area contributed by atoms with Gasteiger partial charge >= 0.3 is 0 Å². The first-order chi connectivity index (χ1) is 7.99. The van der Waals surface area contributed by atoms with Crippen molar-refractivity contribution in [3.8, 4) is 5.75 Å². The Balaban J connectivity index is 2.15. The molecule has 0 bridgehead atoms. The third-order valence-corrected chi connectivity index (χ3v) is 4.52. The van der Waals surface area contributed by atoms with Gasteiger partial charge in [-0.2, -0.15) is 0 Å². The Labute approximate surface area is 104 Å². The van der Waals surface area contributed by atoms with Crippen molar-refractivity contribution in [3.05, 3.63) is 29.3 Å². The molecule has 0 aromatic heterocycles. The lowest BCUT2D eigenvalue weighted by Crippen LogP contribution is -2.57. The van der Waals surface area contributed by atoms with Crippen molar-refractivity contribution < 1.29 is 9.84 Å². The molecule has 2 heteroatoms. The Bertz CT molecular complexity index is 413. The molecule has 17 heavy (non-hydrogen) atoms. The van der Waals surface area contributed by atoms with E-state index in [0.29, 0.717) is 0 Å². The fraction of sp³-hybridized carbons (Fsp3) is 0.600. The Morgan fingerprint density at radius 3 is 2.71 bits per heavy atom. The van der Waals surface area contributed by atoms with Gasteiger partial charge in [0.25, 0.3) is 0 Å². The van der Waals surface area contributed by atoms with E-state index in [2.05, 4.69) is 33.8 Å². The summed E-state index contributed by atoms with van der Waals surface area (Å²) in [6, 6.07) is 6.13. The topological polar surface area (TPSA) is 29.5 Å². The first-order valence-electron chi connectivity index (χ1n) is 6.40. The smallest absolute Gasteiger partial charge is 0.122 e. The van der Waals surface area contributed by atoms with Crippen molar-refractivity contribution in [1.82, 2.24) is 0 Å². The van der Waals surface area contributed by atoms with Gasteiger partial charge in [0, 0.05) is 11.8 Å². The summed E-state index contributed by atoms with van der Waals surface area (Å²) in [5.74, 6) is 0.960. The maximum atomic E-state index is 9.86. The maximum Gasteiger partial charge on any atom is 0.122 e. The minimum absolute atomic E-state index is 0.0871. The zero-order chi connectivity index (χ0) is 12.6. The van der Waals surface area contributed by atoms with Crippen LogP contribution in [0.25, 0.3) is 0 Å². The molecule has 0 heterocycles. The van der Waals surface area contributed by atoms with Crippen LogP contribution in [0.5, 0.6) is 5.75 Å².